The van der Waals surface area contributed by atoms with Crippen LogP contribution in [0.1, 0.15) is 23.3 Å². The van der Waals surface area contributed by atoms with Gasteiger partial charge in [-0.3, -0.25) is 9.20 Å². The molecule has 0 aromatic carbocycles. The van der Waals surface area contributed by atoms with E-state index in [-0.39, 0.29) is 5.91 Å². The monoisotopic (exact) mass is 287 g/mol. The maximum absolute atomic E-state index is 12.7. The van der Waals surface area contributed by atoms with E-state index in [1.807, 2.05) is 33.7 Å². The molecule has 0 unspecified atom stereocenters. The molecular formula is C15H17N3O3. The molecule has 1 spiro atoms. The van der Waals surface area contributed by atoms with Crippen LogP contribution in [-0.4, -0.2) is 52.3 Å². The molecule has 0 radical (unpaired) electrons. The van der Waals surface area contributed by atoms with Gasteiger partial charge in [-0.05, 0) is 12.1 Å². The minimum atomic E-state index is -0.447. The molecule has 21 heavy (non-hydrogen) atoms. The normalized spacial score (nSPS) is 21.2. The molecule has 2 aromatic rings. The van der Waals surface area contributed by atoms with E-state index in [0.717, 1.165) is 18.5 Å². The second kappa shape index (κ2) is 4.82. The SMILES string of the molecule is O=C(c1cccc2nccn12)N1CCC2(CC1)OCCO2. The van der Waals surface area contributed by atoms with E-state index >= 15 is 0 Å². The largest absolute Gasteiger partial charge is 0.347 e. The number of amides is 1. The molecule has 6 nitrogen and oxygen atoms in total. The standard InChI is InChI=1S/C15H17N3O3/c19-14(12-2-1-3-13-16-6-9-18(12)13)17-7-4-15(5-8-17)20-10-11-21-15/h1-3,6,9H,4-5,7-8,10-11H2. The number of hydrogen-bond acceptors (Lipinski definition) is 4. The second-order valence-corrected chi connectivity index (χ2v) is 5.47. The van der Waals surface area contributed by atoms with Gasteiger partial charge in [0, 0.05) is 38.3 Å². The summed E-state index contributed by atoms with van der Waals surface area (Å²) in [6.45, 7) is 2.62. The van der Waals surface area contributed by atoms with Crippen LogP contribution in [0.3, 0.4) is 0 Å². The molecule has 0 bridgehead atoms. The third kappa shape index (κ3) is 2.11. The number of likely N-dealkylation sites (tertiary alicyclic amines) is 1. The van der Waals surface area contributed by atoms with Crippen molar-refractivity contribution in [3.63, 3.8) is 0 Å². The second-order valence-electron chi connectivity index (χ2n) is 5.47. The molecule has 2 aliphatic heterocycles. The molecule has 0 atom stereocenters. The first-order chi connectivity index (χ1) is 10.3. The minimum Gasteiger partial charge on any atom is -0.347 e. The molecule has 6 heteroatoms. The van der Waals surface area contributed by atoms with Crippen molar-refractivity contribution in [1.29, 1.82) is 0 Å². The van der Waals surface area contributed by atoms with Gasteiger partial charge in [-0.1, -0.05) is 6.07 Å². The predicted molar refractivity (Wildman–Crippen MR) is 75.0 cm³/mol. The number of ether oxygens (including phenoxy) is 2. The average Bonchev–Trinajstić information content (AvgIpc) is 3.16. The van der Waals surface area contributed by atoms with E-state index in [1.165, 1.54) is 0 Å². The number of carbonyl (C=O) groups excluding carboxylic acids is 1. The Labute approximate surface area is 122 Å². The summed E-state index contributed by atoms with van der Waals surface area (Å²) >= 11 is 0. The molecule has 1 amide bonds. The zero-order valence-electron chi connectivity index (χ0n) is 11.7. The third-order valence-corrected chi connectivity index (χ3v) is 4.27. The van der Waals surface area contributed by atoms with Crippen molar-refractivity contribution in [2.45, 2.75) is 18.6 Å². The number of nitrogens with zero attached hydrogens (tertiary/aromatic N) is 3. The molecule has 4 rings (SSSR count). The Morgan fingerprint density at radius 1 is 1.19 bits per heavy atom. The molecule has 2 aromatic heterocycles. The van der Waals surface area contributed by atoms with Crippen molar-refractivity contribution in [1.82, 2.24) is 14.3 Å². The lowest BCUT2D eigenvalue weighted by Crippen LogP contribution is -2.47. The Kier molecular flexibility index (Phi) is 2.94. The highest BCUT2D eigenvalue weighted by Gasteiger charge is 2.41. The van der Waals surface area contributed by atoms with E-state index in [0.29, 0.717) is 32.0 Å². The first kappa shape index (κ1) is 12.8. The van der Waals surface area contributed by atoms with Gasteiger partial charge in [0.2, 0.25) is 0 Å². The number of imidazole rings is 1. The number of hydrogen-bond donors (Lipinski definition) is 0. The van der Waals surface area contributed by atoms with Gasteiger partial charge in [0.1, 0.15) is 11.3 Å². The van der Waals surface area contributed by atoms with Crippen molar-refractivity contribution in [2.24, 2.45) is 0 Å². The molecular weight excluding hydrogens is 270 g/mol. The van der Waals surface area contributed by atoms with Crippen LogP contribution in [0.4, 0.5) is 0 Å². The zero-order chi connectivity index (χ0) is 14.3. The van der Waals surface area contributed by atoms with Crippen LogP contribution in [0.5, 0.6) is 0 Å². The molecule has 0 aliphatic carbocycles. The fraction of sp³-hybridized carbons (Fsp3) is 0.467. The number of piperidine rings is 1. The quantitative estimate of drug-likeness (QED) is 0.793. The highest BCUT2D eigenvalue weighted by Crippen LogP contribution is 2.31. The summed E-state index contributed by atoms with van der Waals surface area (Å²) in [6, 6.07) is 5.59. The van der Waals surface area contributed by atoms with Crippen LogP contribution in [-0.2, 0) is 9.47 Å². The van der Waals surface area contributed by atoms with E-state index in [9.17, 15) is 4.79 Å². The van der Waals surface area contributed by atoms with Gasteiger partial charge in [0.15, 0.2) is 5.79 Å². The van der Waals surface area contributed by atoms with Crippen LogP contribution < -0.4 is 0 Å². The third-order valence-electron chi connectivity index (χ3n) is 4.27. The zero-order valence-corrected chi connectivity index (χ0v) is 11.7. The highest BCUT2D eigenvalue weighted by atomic mass is 16.7. The first-order valence-electron chi connectivity index (χ1n) is 7.27. The van der Waals surface area contributed by atoms with Crippen molar-refractivity contribution in [3.8, 4) is 0 Å². The summed E-state index contributed by atoms with van der Waals surface area (Å²) < 4.78 is 13.2. The van der Waals surface area contributed by atoms with Gasteiger partial charge in [-0.15, -0.1) is 0 Å². The van der Waals surface area contributed by atoms with Gasteiger partial charge < -0.3 is 14.4 Å². The summed E-state index contributed by atoms with van der Waals surface area (Å²) in [4.78, 5) is 18.8. The average molecular weight is 287 g/mol. The van der Waals surface area contributed by atoms with Crippen LogP contribution >= 0.6 is 0 Å². The summed E-state index contributed by atoms with van der Waals surface area (Å²) in [6.07, 6.45) is 4.99. The Morgan fingerprint density at radius 3 is 2.71 bits per heavy atom. The summed E-state index contributed by atoms with van der Waals surface area (Å²) in [5.74, 6) is -0.413. The molecule has 110 valence electrons. The lowest BCUT2D eigenvalue weighted by molar-refractivity contribution is -0.181. The Morgan fingerprint density at radius 2 is 1.95 bits per heavy atom. The van der Waals surface area contributed by atoms with Crippen LogP contribution in [0.2, 0.25) is 0 Å². The number of aromatic nitrogens is 2. The van der Waals surface area contributed by atoms with Crippen LogP contribution in [0.15, 0.2) is 30.6 Å². The lowest BCUT2D eigenvalue weighted by atomic mass is 10.0. The van der Waals surface area contributed by atoms with Gasteiger partial charge in [-0.2, -0.15) is 0 Å². The first-order valence-corrected chi connectivity index (χ1v) is 7.27. The fourth-order valence-corrected chi connectivity index (χ4v) is 3.12. The van der Waals surface area contributed by atoms with Gasteiger partial charge in [0.05, 0.1) is 13.2 Å². The summed E-state index contributed by atoms with van der Waals surface area (Å²) in [5, 5.41) is 0. The Balaban J connectivity index is 1.54. The van der Waals surface area contributed by atoms with Crippen molar-refractivity contribution in [3.05, 3.63) is 36.3 Å². The van der Waals surface area contributed by atoms with Crippen molar-refractivity contribution < 1.29 is 14.3 Å². The lowest BCUT2D eigenvalue weighted by Gasteiger charge is -2.37. The van der Waals surface area contributed by atoms with E-state index in [1.54, 1.807) is 6.20 Å². The number of rotatable bonds is 1. The number of carbonyl (C=O) groups is 1. The van der Waals surface area contributed by atoms with E-state index < -0.39 is 5.79 Å². The van der Waals surface area contributed by atoms with Gasteiger partial charge >= 0.3 is 0 Å². The maximum atomic E-state index is 12.7. The molecule has 2 saturated heterocycles. The predicted octanol–water partition coefficient (Wildman–Crippen LogP) is 1.31. The van der Waals surface area contributed by atoms with Gasteiger partial charge in [-0.25, -0.2) is 4.98 Å². The minimum absolute atomic E-state index is 0.0337. The summed E-state index contributed by atoms with van der Waals surface area (Å²) in [7, 11) is 0. The van der Waals surface area contributed by atoms with Crippen LogP contribution in [0.25, 0.3) is 5.65 Å². The molecule has 2 aliphatic rings. The van der Waals surface area contributed by atoms with E-state index in [2.05, 4.69) is 4.98 Å². The Hall–Kier alpha value is -1.92. The van der Waals surface area contributed by atoms with Crippen molar-refractivity contribution >= 4 is 11.6 Å². The smallest absolute Gasteiger partial charge is 0.270 e. The molecule has 2 fully saturated rings. The van der Waals surface area contributed by atoms with Crippen molar-refractivity contribution in [2.75, 3.05) is 26.3 Å². The maximum Gasteiger partial charge on any atom is 0.270 e. The topological polar surface area (TPSA) is 56.1 Å². The fourth-order valence-electron chi connectivity index (χ4n) is 3.12. The summed E-state index contributed by atoms with van der Waals surface area (Å²) in [5.41, 5.74) is 1.44. The Bertz CT molecular complexity index is 666. The van der Waals surface area contributed by atoms with E-state index in [4.69, 9.17) is 9.47 Å². The molecule has 4 heterocycles. The molecule has 0 N–H and O–H groups in total. The highest BCUT2D eigenvalue weighted by molar-refractivity contribution is 5.93. The number of fused-ring (bicyclic) bond motifs is 1. The van der Waals surface area contributed by atoms with Gasteiger partial charge in [0.25, 0.3) is 5.91 Å². The molecule has 0 saturated carbocycles. The van der Waals surface area contributed by atoms with Crippen LogP contribution in [0, 0.1) is 0 Å². The number of pyridine rings is 1.